The summed E-state index contributed by atoms with van der Waals surface area (Å²) in [6, 6.07) is 7.95. The third-order valence-corrected chi connectivity index (χ3v) is 5.33. The topological polar surface area (TPSA) is 44.4 Å². The van der Waals surface area contributed by atoms with Crippen LogP contribution in [0, 0.1) is 0 Å². The molecule has 0 atom stereocenters. The highest BCUT2D eigenvalue weighted by Gasteiger charge is 2.44. The molecule has 2 N–H and O–H groups in total. The van der Waals surface area contributed by atoms with Gasteiger partial charge in [0.15, 0.2) is 0 Å². The van der Waals surface area contributed by atoms with E-state index in [1.54, 1.807) is 0 Å². The molecule has 1 aromatic rings. The number of anilines is 2. The van der Waals surface area contributed by atoms with Crippen molar-refractivity contribution < 1.29 is 4.79 Å². The fourth-order valence-corrected chi connectivity index (χ4v) is 3.78. The Labute approximate surface area is 130 Å². The van der Waals surface area contributed by atoms with Crippen LogP contribution in [-0.4, -0.2) is 47.5 Å². The first-order chi connectivity index (χ1) is 10.2. The molecule has 0 bridgehead atoms. The number of likely N-dealkylation sites (tertiary alicyclic amines) is 1. The lowest BCUT2D eigenvalue weighted by Crippen LogP contribution is -2.58. The van der Waals surface area contributed by atoms with Crippen molar-refractivity contribution in [1.82, 2.24) is 4.90 Å². The van der Waals surface area contributed by atoms with Crippen LogP contribution in [0.1, 0.15) is 19.8 Å². The molecule has 0 aliphatic carbocycles. The Hall–Kier alpha value is -1.20. The van der Waals surface area contributed by atoms with Crippen LogP contribution in [0.5, 0.6) is 0 Å². The van der Waals surface area contributed by atoms with E-state index < -0.39 is 5.54 Å². The molecule has 2 heterocycles. The fourth-order valence-electron chi connectivity index (χ4n) is 3.11. The quantitative estimate of drug-likeness (QED) is 0.840. The molecule has 1 fully saturated rings. The average Bonchev–Trinajstić information content (AvgIpc) is 2.51. The van der Waals surface area contributed by atoms with E-state index in [1.807, 2.05) is 36.0 Å². The molecule has 4 nitrogen and oxygen atoms in total. The zero-order valence-electron chi connectivity index (χ0n) is 12.5. The summed E-state index contributed by atoms with van der Waals surface area (Å²) in [6.45, 7) is 5.32. The summed E-state index contributed by atoms with van der Waals surface area (Å²) in [7, 11) is 0. The van der Waals surface area contributed by atoms with E-state index in [0.29, 0.717) is 0 Å². The van der Waals surface area contributed by atoms with Crippen LogP contribution in [0.2, 0.25) is 0 Å². The van der Waals surface area contributed by atoms with Crippen LogP contribution in [0.3, 0.4) is 0 Å². The predicted molar refractivity (Wildman–Crippen MR) is 90.1 cm³/mol. The molecule has 21 heavy (non-hydrogen) atoms. The second kappa shape index (κ2) is 6.28. The van der Waals surface area contributed by atoms with Gasteiger partial charge < -0.3 is 15.5 Å². The first kappa shape index (κ1) is 14.7. The molecule has 0 radical (unpaired) electrons. The molecule has 1 amide bonds. The van der Waals surface area contributed by atoms with Gasteiger partial charge in [-0.3, -0.25) is 4.79 Å². The number of benzene rings is 1. The first-order valence-electron chi connectivity index (χ1n) is 7.72. The van der Waals surface area contributed by atoms with E-state index >= 15 is 0 Å². The van der Waals surface area contributed by atoms with Gasteiger partial charge in [-0.2, -0.15) is 11.8 Å². The van der Waals surface area contributed by atoms with Crippen molar-refractivity contribution in [2.75, 3.05) is 41.8 Å². The third kappa shape index (κ3) is 3.04. The molecule has 2 aliphatic rings. The second-order valence-electron chi connectivity index (χ2n) is 5.75. The lowest BCUT2D eigenvalue weighted by atomic mass is 9.84. The zero-order valence-corrected chi connectivity index (χ0v) is 13.3. The van der Waals surface area contributed by atoms with Crippen LogP contribution in [0.25, 0.3) is 0 Å². The summed E-state index contributed by atoms with van der Waals surface area (Å²) in [6.07, 6.45) is 1.76. The van der Waals surface area contributed by atoms with Gasteiger partial charge in [-0.15, -0.1) is 0 Å². The minimum absolute atomic E-state index is 0.129. The van der Waals surface area contributed by atoms with Crippen molar-refractivity contribution in [2.24, 2.45) is 0 Å². The Morgan fingerprint density at radius 2 is 1.95 bits per heavy atom. The Morgan fingerprint density at radius 1 is 1.24 bits per heavy atom. The Morgan fingerprint density at radius 3 is 2.67 bits per heavy atom. The number of rotatable bonds is 4. The van der Waals surface area contributed by atoms with E-state index in [0.717, 1.165) is 43.9 Å². The van der Waals surface area contributed by atoms with Crippen molar-refractivity contribution in [3.8, 4) is 0 Å². The number of nitrogens with zero attached hydrogens (tertiary/aromatic N) is 1. The molecular formula is C16H23N3OS. The molecular weight excluding hydrogens is 282 g/mol. The number of carbonyl (C=O) groups is 1. The van der Waals surface area contributed by atoms with E-state index in [9.17, 15) is 4.79 Å². The van der Waals surface area contributed by atoms with Crippen LogP contribution >= 0.6 is 11.8 Å². The summed E-state index contributed by atoms with van der Waals surface area (Å²) < 4.78 is 0. The van der Waals surface area contributed by atoms with Gasteiger partial charge in [0, 0.05) is 25.4 Å². The molecule has 2 aliphatic heterocycles. The molecule has 1 saturated heterocycles. The maximum absolute atomic E-state index is 12.5. The Balaban J connectivity index is 1.63. The van der Waals surface area contributed by atoms with Gasteiger partial charge in [0.1, 0.15) is 5.54 Å². The molecule has 5 heteroatoms. The number of hydrogen-bond donors (Lipinski definition) is 2. The van der Waals surface area contributed by atoms with Gasteiger partial charge in [-0.1, -0.05) is 19.1 Å². The number of piperidine rings is 1. The molecule has 3 rings (SSSR count). The largest absolute Gasteiger partial charge is 0.369 e. The second-order valence-corrected chi connectivity index (χ2v) is 7.14. The standard InChI is InChI=1S/C16H23N3OS/c1-2-21-12-11-19-9-7-16(8-10-19)15(20)17-13-5-3-4-6-14(13)18-16/h3-6,18H,2,7-12H2,1H3,(H,17,20). The highest BCUT2D eigenvalue weighted by atomic mass is 32.2. The Bertz CT molecular complexity index is 512. The number of amides is 1. The Kier molecular flexibility index (Phi) is 4.40. The number of hydrogen-bond acceptors (Lipinski definition) is 4. The highest BCUT2D eigenvalue weighted by molar-refractivity contribution is 7.99. The van der Waals surface area contributed by atoms with Gasteiger partial charge in [0.05, 0.1) is 11.4 Å². The smallest absolute Gasteiger partial charge is 0.250 e. The van der Waals surface area contributed by atoms with Crippen molar-refractivity contribution >= 4 is 29.0 Å². The number of nitrogens with one attached hydrogen (secondary N) is 2. The normalized spacial score (nSPS) is 20.7. The maximum Gasteiger partial charge on any atom is 0.250 e. The molecule has 0 saturated carbocycles. The van der Waals surface area contributed by atoms with Gasteiger partial charge in [-0.25, -0.2) is 0 Å². The van der Waals surface area contributed by atoms with Crippen molar-refractivity contribution in [3.63, 3.8) is 0 Å². The maximum atomic E-state index is 12.5. The molecule has 0 aromatic heterocycles. The predicted octanol–water partition coefficient (Wildman–Crippen LogP) is 2.64. The van der Waals surface area contributed by atoms with Crippen molar-refractivity contribution in [1.29, 1.82) is 0 Å². The minimum Gasteiger partial charge on any atom is -0.369 e. The number of fused-ring (bicyclic) bond motifs is 1. The third-order valence-electron chi connectivity index (χ3n) is 4.45. The molecule has 1 spiro atoms. The zero-order chi connectivity index (χ0) is 14.7. The first-order valence-corrected chi connectivity index (χ1v) is 8.88. The van der Waals surface area contributed by atoms with Gasteiger partial charge in [-0.05, 0) is 30.7 Å². The average molecular weight is 305 g/mol. The highest BCUT2D eigenvalue weighted by Crippen LogP contribution is 2.36. The minimum atomic E-state index is -0.414. The lowest BCUT2D eigenvalue weighted by molar-refractivity contribution is -0.122. The number of thioether (sulfide) groups is 1. The summed E-state index contributed by atoms with van der Waals surface area (Å²) >= 11 is 1.98. The van der Waals surface area contributed by atoms with E-state index in [4.69, 9.17) is 0 Å². The van der Waals surface area contributed by atoms with Gasteiger partial charge >= 0.3 is 0 Å². The fraction of sp³-hybridized carbons (Fsp3) is 0.562. The SMILES string of the molecule is CCSCCN1CCC2(CC1)Nc1ccccc1NC2=O. The molecule has 114 valence electrons. The van der Waals surface area contributed by atoms with Crippen molar-refractivity contribution in [3.05, 3.63) is 24.3 Å². The van der Waals surface area contributed by atoms with Gasteiger partial charge in [0.25, 0.3) is 0 Å². The van der Waals surface area contributed by atoms with Crippen molar-refractivity contribution in [2.45, 2.75) is 25.3 Å². The summed E-state index contributed by atoms with van der Waals surface area (Å²) in [5.41, 5.74) is 1.53. The van der Waals surface area contributed by atoms with Crippen LogP contribution in [0.4, 0.5) is 11.4 Å². The van der Waals surface area contributed by atoms with E-state index in [1.165, 1.54) is 11.5 Å². The monoisotopic (exact) mass is 305 g/mol. The van der Waals surface area contributed by atoms with Gasteiger partial charge in [0.2, 0.25) is 5.91 Å². The van der Waals surface area contributed by atoms with E-state index in [-0.39, 0.29) is 5.91 Å². The van der Waals surface area contributed by atoms with E-state index in [2.05, 4.69) is 22.5 Å². The van der Waals surface area contributed by atoms with Crippen LogP contribution < -0.4 is 10.6 Å². The summed E-state index contributed by atoms with van der Waals surface area (Å²) in [5.74, 6) is 2.49. The lowest BCUT2D eigenvalue weighted by Gasteiger charge is -2.44. The molecule has 1 aromatic carbocycles. The van der Waals surface area contributed by atoms with Crippen LogP contribution in [-0.2, 0) is 4.79 Å². The summed E-state index contributed by atoms with van der Waals surface area (Å²) in [4.78, 5) is 15.0. The number of para-hydroxylation sites is 2. The molecule has 0 unspecified atom stereocenters. The van der Waals surface area contributed by atoms with Crippen LogP contribution in [0.15, 0.2) is 24.3 Å². The number of carbonyl (C=O) groups excluding carboxylic acids is 1. The summed E-state index contributed by atoms with van der Waals surface area (Å²) in [5, 5.41) is 6.57.